The summed E-state index contributed by atoms with van der Waals surface area (Å²) in [5.41, 5.74) is 1.72. The van der Waals surface area contributed by atoms with Gasteiger partial charge in [0.1, 0.15) is 0 Å². The molecule has 22 heavy (non-hydrogen) atoms. The molecule has 1 spiro atoms. The number of carbonyl (C=O) groups is 2. The zero-order valence-corrected chi connectivity index (χ0v) is 12.9. The van der Waals surface area contributed by atoms with E-state index in [9.17, 15) is 9.59 Å². The van der Waals surface area contributed by atoms with E-state index < -0.39 is 0 Å². The van der Waals surface area contributed by atoms with Gasteiger partial charge in [-0.3, -0.25) is 9.59 Å². The number of benzene rings is 1. The lowest BCUT2D eigenvalue weighted by Crippen LogP contribution is -2.44. The first-order valence-corrected chi connectivity index (χ1v) is 7.76. The van der Waals surface area contributed by atoms with Crippen molar-refractivity contribution in [2.45, 2.75) is 25.9 Å². The largest absolute Gasteiger partial charge is 0.380 e. The molecule has 2 aliphatic rings. The third-order valence-electron chi connectivity index (χ3n) is 4.86. The van der Waals surface area contributed by atoms with Crippen LogP contribution >= 0.6 is 0 Å². The molecular formula is C17H22N2O3. The van der Waals surface area contributed by atoms with Crippen LogP contribution in [-0.4, -0.2) is 43.5 Å². The van der Waals surface area contributed by atoms with E-state index in [1.807, 2.05) is 29.2 Å². The molecule has 5 heteroatoms. The molecular weight excluding hydrogens is 280 g/mol. The van der Waals surface area contributed by atoms with Gasteiger partial charge in [-0.1, -0.05) is 18.2 Å². The summed E-state index contributed by atoms with van der Waals surface area (Å²) in [6.07, 6.45) is 2.39. The van der Waals surface area contributed by atoms with Crippen molar-refractivity contribution in [3.8, 4) is 0 Å². The summed E-state index contributed by atoms with van der Waals surface area (Å²) in [5.74, 6) is 0.213. The summed E-state index contributed by atoms with van der Waals surface area (Å²) >= 11 is 0. The van der Waals surface area contributed by atoms with Crippen molar-refractivity contribution in [2.75, 3.05) is 26.7 Å². The molecule has 0 atom stereocenters. The minimum Gasteiger partial charge on any atom is -0.380 e. The fourth-order valence-corrected chi connectivity index (χ4v) is 3.47. The predicted octanol–water partition coefficient (Wildman–Crippen LogP) is 1.58. The molecule has 0 saturated carbocycles. The molecule has 1 aromatic carbocycles. The summed E-state index contributed by atoms with van der Waals surface area (Å²) in [5, 5.41) is 2.92. The molecule has 1 N–H and O–H groups in total. The first kappa shape index (κ1) is 15.0. The highest BCUT2D eigenvalue weighted by molar-refractivity contribution is 5.95. The van der Waals surface area contributed by atoms with Crippen molar-refractivity contribution < 1.29 is 14.3 Å². The number of methoxy groups -OCH3 is 1. The molecule has 2 aliphatic heterocycles. The Kier molecular flexibility index (Phi) is 4.16. The van der Waals surface area contributed by atoms with Crippen LogP contribution in [0.2, 0.25) is 0 Å². The molecule has 2 fully saturated rings. The molecule has 2 amide bonds. The second-order valence-corrected chi connectivity index (χ2v) is 6.34. The van der Waals surface area contributed by atoms with Gasteiger partial charge in [-0.15, -0.1) is 0 Å². The zero-order valence-electron chi connectivity index (χ0n) is 12.9. The smallest absolute Gasteiger partial charge is 0.254 e. The van der Waals surface area contributed by atoms with Gasteiger partial charge in [0.25, 0.3) is 5.91 Å². The number of amides is 2. The van der Waals surface area contributed by atoms with E-state index in [2.05, 4.69) is 5.32 Å². The molecule has 1 aromatic rings. The minimum atomic E-state index is 0.0692. The lowest BCUT2D eigenvalue weighted by molar-refractivity contribution is -0.119. The summed E-state index contributed by atoms with van der Waals surface area (Å²) in [6, 6.07) is 7.60. The Morgan fingerprint density at radius 1 is 1.32 bits per heavy atom. The second kappa shape index (κ2) is 6.08. The van der Waals surface area contributed by atoms with Gasteiger partial charge in [0.05, 0.1) is 6.61 Å². The fourth-order valence-electron chi connectivity index (χ4n) is 3.47. The Balaban J connectivity index is 1.69. The van der Waals surface area contributed by atoms with Crippen LogP contribution in [0.25, 0.3) is 0 Å². The molecule has 0 aromatic heterocycles. The van der Waals surface area contributed by atoms with E-state index in [0.29, 0.717) is 13.0 Å². The first-order chi connectivity index (χ1) is 10.6. The summed E-state index contributed by atoms with van der Waals surface area (Å²) < 4.78 is 5.18. The van der Waals surface area contributed by atoms with E-state index in [4.69, 9.17) is 4.74 Å². The highest BCUT2D eigenvalue weighted by Crippen LogP contribution is 2.37. The summed E-state index contributed by atoms with van der Waals surface area (Å²) in [4.78, 5) is 26.1. The Labute approximate surface area is 130 Å². The van der Waals surface area contributed by atoms with Crippen molar-refractivity contribution in [3.05, 3.63) is 35.4 Å². The van der Waals surface area contributed by atoms with E-state index in [-0.39, 0.29) is 17.2 Å². The SMILES string of the molecule is COCc1ccccc1C(=O)N1CCC2(CC1)CNC(=O)C2. The minimum absolute atomic E-state index is 0.0692. The third kappa shape index (κ3) is 2.86. The first-order valence-electron chi connectivity index (χ1n) is 7.76. The molecule has 118 valence electrons. The Morgan fingerprint density at radius 2 is 2.05 bits per heavy atom. The monoisotopic (exact) mass is 302 g/mol. The van der Waals surface area contributed by atoms with Crippen LogP contribution in [0, 0.1) is 5.41 Å². The van der Waals surface area contributed by atoms with Crippen LogP contribution in [0.5, 0.6) is 0 Å². The number of carbonyl (C=O) groups excluding carboxylic acids is 2. The van der Waals surface area contributed by atoms with Crippen LogP contribution in [0.15, 0.2) is 24.3 Å². The molecule has 2 heterocycles. The lowest BCUT2D eigenvalue weighted by atomic mass is 9.77. The van der Waals surface area contributed by atoms with Crippen LogP contribution in [0.1, 0.15) is 35.2 Å². The van der Waals surface area contributed by atoms with Gasteiger partial charge in [-0.2, -0.15) is 0 Å². The van der Waals surface area contributed by atoms with Crippen molar-refractivity contribution in [1.29, 1.82) is 0 Å². The molecule has 5 nitrogen and oxygen atoms in total. The highest BCUT2D eigenvalue weighted by atomic mass is 16.5. The highest BCUT2D eigenvalue weighted by Gasteiger charge is 2.41. The Hall–Kier alpha value is -1.88. The average molecular weight is 302 g/mol. The van der Waals surface area contributed by atoms with E-state index in [1.54, 1.807) is 7.11 Å². The molecule has 0 radical (unpaired) electrons. The van der Waals surface area contributed by atoms with Gasteiger partial charge in [-0.05, 0) is 29.9 Å². The van der Waals surface area contributed by atoms with Crippen molar-refractivity contribution in [1.82, 2.24) is 10.2 Å². The van der Waals surface area contributed by atoms with Gasteiger partial charge < -0.3 is 15.0 Å². The van der Waals surface area contributed by atoms with Gasteiger partial charge in [-0.25, -0.2) is 0 Å². The summed E-state index contributed by atoms with van der Waals surface area (Å²) in [7, 11) is 1.63. The maximum atomic E-state index is 12.8. The van der Waals surface area contributed by atoms with Gasteiger partial charge >= 0.3 is 0 Å². The van der Waals surface area contributed by atoms with E-state index in [0.717, 1.165) is 43.6 Å². The van der Waals surface area contributed by atoms with Gasteiger partial charge in [0.2, 0.25) is 5.91 Å². The van der Waals surface area contributed by atoms with Crippen molar-refractivity contribution in [2.24, 2.45) is 5.41 Å². The van der Waals surface area contributed by atoms with E-state index >= 15 is 0 Å². The number of likely N-dealkylation sites (tertiary alicyclic amines) is 1. The van der Waals surface area contributed by atoms with Crippen LogP contribution in [0.3, 0.4) is 0 Å². The molecule has 0 aliphatic carbocycles. The van der Waals surface area contributed by atoms with Crippen molar-refractivity contribution in [3.63, 3.8) is 0 Å². The fraction of sp³-hybridized carbons (Fsp3) is 0.529. The van der Waals surface area contributed by atoms with Gasteiger partial charge in [0.15, 0.2) is 0 Å². The predicted molar refractivity (Wildman–Crippen MR) is 82.4 cm³/mol. The maximum absolute atomic E-state index is 12.8. The third-order valence-corrected chi connectivity index (χ3v) is 4.86. The van der Waals surface area contributed by atoms with Crippen LogP contribution < -0.4 is 5.32 Å². The average Bonchev–Trinajstić information content (AvgIpc) is 2.89. The lowest BCUT2D eigenvalue weighted by Gasteiger charge is -2.38. The second-order valence-electron chi connectivity index (χ2n) is 6.34. The standard InChI is InChI=1S/C17H22N2O3/c1-22-11-13-4-2-3-5-14(13)16(21)19-8-6-17(7-9-19)10-15(20)18-12-17/h2-5H,6-12H2,1H3,(H,18,20). The Morgan fingerprint density at radius 3 is 2.68 bits per heavy atom. The van der Waals surface area contributed by atoms with Gasteiger partial charge in [0, 0.05) is 38.7 Å². The number of nitrogens with one attached hydrogen (secondary N) is 1. The molecule has 2 saturated heterocycles. The van der Waals surface area contributed by atoms with Crippen molar-refractivity contribution >= 4 is 11.8 Å². The number of hydrogen-bond acceptors (Lipinski definition) is 3. The topological polar surface area (TPSA) is 58.6 Å². The summed E-state index contributed by atoms with van der Waals surface area (Å²) in [6.45, 7) is 2.64. The van der Waals surface area contributed by atoms with Crippen LogP contribution in [-0.2, 0) is 16.1 Å². The number of nitrogens with zero attached hydrogens (tertiary/aromatic N) is 1. The van der Waals surface area contributed by atoms with Crippen LogP contribution in [0.4, 0.5) is 0 Å². The zero-order chi connectivity index (χ0) is 15.6. The molecule has 3 rings (SSSR count). The normalized spacial score (nSPS) is 20.2. The number of ether oxygens (including phenoxy) is 1. The number of hydrogen-bond donors (Lipinski definition) is 1. The molecule has 0 bridgehead atoms. The van der Waals surface area contributed by atoms with E-state index in [1.165, 1.54) is 0 Å². The molecule has 0 unspecified atom stereocenters. The number of rotatable bonds is 3. The Bertz CT molecular complexity index is 577. The maximum Gasteiger partial charge on any atom is 0.254 e. The quantitative estimate of drug-likeness (QED) is 0.922. The number of piperidine rings is 1.